The van der Waals surface area contributed by atoms with E-state index in [1.165, 1.54) is 27.7 Å². The number of hydrogen-bond acceptors (Lipinski definition) is 16. The van der Waals surface area contributed by atoms with Crippen molar-refractivity contribution in [2.45, 2.75) is 236 Å². The number of rotatable bonds is 24. The van der Waals surface area contributed by atoms with Crippen LogP contribution in [0, 0.1) is 0 Å². The summed E-state index contributed by atoms with van der Waals surface area (Å²) in [6.07, 6.45) is 2.07. The number of benzene rings is 4. The van der Waals surface area contributed by atoms with E-state index in [9.17, 15) is 38.4 Å². The Morgan fingerprint density at radius 3 is 0.598 bits per heavy atom. The average Bonchev–Trinajstić information content (AvgIpc) is 0.778. The number of nitrogens with one attached hydrogen (secondary N) is 4. The monoisotopic (exact) mass is 1280 g/mol. The molecule has 4 unspecified atom stereocenters. The van der Waals surface area contributed by atoms with Crippen molar-refractivity contribution in [2.24, 2.45) is 0 Å². The highest BCUT2D eigenvalue weighted by Crippen LogP contribution is 2.42. The van der Waals surface area contributed by atoms with E-state index in [2.05, 4.69) is 21.3 Å². The Balaban J connectivity index is 2.02. The lowest BCUT2D eigenvalue weighted by Gasteiger charge is -2.25. The Morgan fingerprint density at radius 1 is 0.315 bits per heavy atom. The van der Waals surface area contributed by atoms with Crippen LogP contribution in [0.2, 0.25) is 0 Å². The summed E-state index contributed by atoms with van der Waals surface area (Å²) in [5.74, 6) is -3.63. The van der Waals surface area contributed by atoms with Gasteiger partial charge < -0.3 is 59.2 Å². The second-order valence-electron chi connectivity index (χ2n) is 27.5. The maximum absolute atomic E-state index is 14.9. The minimum atomic E-state index is -1.09. The van der Waals surface area contributed by atoms with Gasteiger partial charge in [0.1, 0.15) is 69.6 Å². The normalized spacial score (nSPS) is 13.8. The smallest absolute Gasteiger partial charge is 0.328 e. The van der Waals surface area contributed by atoms with Gasteiger partial charge in [0.2, 0.25) is 0 Å². The summed E-state index contributed by atoms with van der Waals surface area (Å²) in [5, 5.41) is 11.3. The molecule has 0 fully saturated rings. The Morgan fingerprint density at radius 2 is 0.467 bits per heavy atom. The molecule has 92 heavy (non-hydrogen) atoms. The number of carbonyl (C=O) groups excluding carboxylic acids is 8. The van der Waals surface area contributed by atoms with Gasteiger partial charge in [-0.15, -0.1) is 0 Å². The van der Waals surface area contributed by atoms with Crippen LogP contribution in [0.1, 0.15) is 250 Å². The fourth-order valence-electron chi connectivity index (χ4n) is 9.89. The maximum atomic E-state index is 14.9. The second-order valence-corrected chi connectivity index (χ2v) is 27.5. The van der Waals surface area contributed by atoms with Crippen LogP contribution < -0.4 is 40.2 Å². The molecule has 0 radical (unpaired) electrons. The molecule has 4 aromatic rings. The van der Waals surface area contributed by atoms with Gasteiger partial charge >= 0.3 is 23.9 Å². The lowest BCUT2D eigenvalue weighted by atomic mass is 9.88. The van der Waals surface area contributed by atoms with Gasteiger partial charge in [0.15, 0.2) is 0 Å². The van der Waals surface area contributed by atoms with Crippen LogP contribution in [-0.2, 0) is 63.8 Å². The highest BCUT2D eigenvalue weighted by molar-refractivity contribution is 6.00. The van der Waals surface area contributed by atoms with Gasteiger partial charge in [0.25, 0.3) is 23.6 Å². The standard InChI is InChI=1S/C72H100N4O16/c1-21-25-85-57-45-29-47-35-54(62(78)74-42(6)66(82)90-70(12,13)14)37-49(58(47)86-26-22-2)31-51-39-56(64(80)76-44(8)68(84)92-72(18,19)20)40-52(60(51)88-28-24-4)32-50-38-55(63(79)75-43(7)67(83)91-71(15,16)17)36-48(59(50)87-27-23-3)30-46(57)34-53(33-45)61(77)73-41(5)65(81)89-69(9,10)11/h33-44H,21-32H2,1-20H3,(H,73,77)(H,74,78)(H,75,79)(H,76,80). The van der Waals surface area contributed by atoms with E-state index in [1.54, 1.807) is 132 Å². The first-order valence-corrected chi connectivity index (χ1v) is 32.1. The average molecular weight is 1280 g/mol. The summed E-state index contributed by atoms with van der Waals surface area (Å²) in [4.78, 5) is 113. The molecule has 4 aromatic carbocycles. The van der Waals surface area contributed by atoms with Crippen molar-refractivity contribution in [3.63, 3.8) is 0 Å². The van der Waals surface area contributed by atoms with E-state index in [0.717, 1.165) is 0 Å². The van der Waals surface area contributed by atoms with Crippen LogP contribution >= 0.6 is 0 Å². The summed E-state index contributed by atoms with van der Waals surface area (Å²) >= 11 is 0. The Bertz CT molecular complexity index is 2810. The van der Waals surface area contributed by atoms with Crippen LogP contribution in [0.25, 0.3) is 0 Å². The summed E-state index contributed by atoms with van der Waals surface area (Å²) < 4.78 is 49.9. The zero-order valence-corrected chi connectivity index (χ0v) is 57.9. The van der Waals surface area contributed by atoms with Crippen molar-refractivity contribution in [3.8, 4) is 23.0 Å². The quantitative estimate of drug-likeness (QED) is 0.0331. The predicted octanol–water partition coefficient (Wildman–Crippen LogP) is 11.4. The van der Waals surface area contributed by atoms with Crippen molar-refractivity contribution in [2.75, 3.05) is 26.4 Å². The highest BCUT2D eigenvalue weighted by Gasteiger charge is 2.32. The van der Waals surface area contributed by atoms with Gasteiger partial charge in [-0.3, -0.25) is 19.2 Å². The van der Waals surface area contributed by atoms with Crippen LogP contribution in [0.5, 0.6) is 23.0 Å². The van der Waals surface area contributed by atoms with Crippen LogP contribution in [0.4, 0.5) is 0 Å². The molecule has 1 aliphatic rings. The lowest BCUT2D eigenvalue weighted by molar-refractivity contribution is -0.157. The number of esters is 4. The van der Waals surface area contributed by atoms with Gasteiger partial charge in [-0.1, -0.05) is 27.7 Å². The molecule has 504 valence electrons. The molecule has 20 nitrogen and oxygen atoms in total. The highest BCUT2D eigenvalue weighted by atomic mass is 16.6. The van der Waals surface area contributed by atoms with Gasteiger partial charge in [-0.05, 0) is 230 Å². The van der Waals surface area contributed by atoms with Crippen molar-refractivity contribution in [1.82, 2.24) is 21.3 Å². The molecule has 0 saturated carbocycles. The molecule has 4 atom stereocenters. The molecule has 1 aliphatic carbocycles. The van der Waals surface area contributed by atoms with Crippen molar-refractivity contribution < 1.29 is 76.3 Å². The molecule has 0 saturated heterocycles. The van der Waals surface area contributed by atoms with Crippen molar-refractivity contribution in [3.05, 3.63) is 115 Å². The van der Waals surface area contributed by atoms with Crippen molar-refractivity contribution in [1.29, 1.82) is 0 Å². The molecule has 8 bridgehead atoms. The van der Waals surface area contributed by atoms with E-state index in [4.69, 9.17) is 37.9 Å². The molecule has 4 amide bonds. The van der Waals surface area contributed by atoms with E-state index >= 15 is 0 Å². The molecule has 20 heteroatoms. The summed E-state index contributed by atoms with van der Waals surface area (Å²) in [6.45, 7) is 35.6. The Labute approximate surface area is 544 Å². The van der Waals surface area contributed by atoms with Crippen LogP contribution in [0.3, 0.4) is 0 Å². The number of carbonyl (C=O) groups is 8. The fourth-order valence-corrected chi connectivity index (χ4v) is 9.89. The van der Waals surface area contributed by atoms with Gasteiger partial charge in [0.05, 0.1) is 26.4 Å². The molecular weight excluding hydrogens is 1180 g/mol. The van der Waals surface area contributed by atoms with Gasteiger partial charge in [-0.2, -0.15) is 0 Å². The lowest BCUT2D eigenvalue weighted by Crippen LogP contribution is -2.42. The van der Waals surface area contributed by atoms with E-state index in [-0.39, 0.29) is 74.4 Å². The van der Waals surface area contributed by atoms with E-state index in [0.29, 0.717) is 93.2 Å². The number of hydrogen-bond donors (Lipinski definition) is 4. The van der Waals surface area contributed by atoms with Crippen molar-refractivity contribution >= 4 is 47.5 Å². The zero-order chi connectivity index (χ0) is 68.8. The summed E-state index contributed by atoms with van der Waals surface area (Å²) in [5.41, 5.74) is 0.815. The summed E-state index contributed by atoms with van der Waals surface area (Å²) in [6, 6.07) is 8.96. The van der Waals surface area contributed by atoms with Gasteiger partial charge in [0, 0.05) is 47.9 Å². The Hall–Kier alpha value is -8.16. The number of ether oxygens (including phenoxy) is 8. The molecule has 0 heterocycles. The summed E-state index contributed by atoms with van der Waals surface area (Å²) in [7, 11) is 0. The Kier molecular flexibility index (Phi) is 25.9. The third-order valence-corrected chi connectivity index (χ3v) is 13.8. The third-order valence-electron chi connectivity index (χ3n) is 13.8. The SMILES string of the molecule is CCCOc1c2cc(C(=O)NC(C)C(=O)OC(C)(C)C)cc1Cc1cc(C(=O)NC(C)C(=O)OC(C)(C)C)cc(c1OCCC)Cc1cc(C(=O)NC(C)C(=O)OC(C)(C)C)cc(c1OCCC)Cc1cc(C(=O)NC(C)C(=O)OC(C)(C)C)cc(c1OCCC)C2. The minimum Gasteiger partial charge on any atom is -0.493 e. The molecule has 0 aromatic heterocycles. The molecule has 0 aliphatic heterocycles. The fraction of sp³-hybridized carbons (Fsp3) is 0.556. The first-order chi connectivity index (χ1) is 42.8. The van der Waals surface area contributed by atoms with Crippen LogP contribution in [-0.4, -0.2) is 121 Å². The second kappa shape index (κ2) is 31.9. The van der Waals surface area contributed by atoms with E-state index in [1.807, 2.05) is 27.7 Å². The first kappa shape index (κ1) is 74.6. The topological polar surface area (TPSA) is 259 Å². The van der Waals surface area contributed by atoms with Gasteiger partial charge in [-0.25, -0.2) is 19.2 Å². The molecule has 4 N–H and O–H groups in total. The van der Waals surface area contributed by atoms with Crippen LogP contribution in [0.15, 0.2) is 48.5 Å². The maximum Gasteiger partial charge on any atom is 0.328 e. The predicted molar refractivity (Wildman–Crippen MR) is 351 cm³/mol. The molecular formula is C72H100N4O16. The van der Waals surface area contributed by atoms with E-state index < -0.39 is 94.1 Å². The first-order valence-electron chi connectivity index (χ1n) is 32.1. The third kappa shape index (κ3) is 22.0. The number of amides is 4. The number of fused-ring (bicyclic) bond motifs is 8. The molecule has 5 rings (SSSR count). The largest absolute Gasteiger partial charge is 0.493 e. The zero-order valence-electron chi connectivity index (χ0n) is 57.9. The molecule has 0 spiro atoms. The minimum absolute atomic E-state index is 0.0472.